The maximum atomic E-state index is 13.2. The second kappa shape index (κ2) is 5.63. The third-order valence-corrected chi connectivity index (χ3v) is 3.11. The van der Waals surface area contributed by atoms with E-state index in [9.17, 15) is 9.18 Å². The summed E-state index contributed by atoms with van der Waals surface area (Å²) in [5.74, 6) is -0.686. The maximum Gasteiger partial charge on any atom is 0.247 e. The fourth-order valence-electron chi connectivity index (χ4n) is 1.66. The zero-order valence-corrected chi connectivity index (χ0v) is 10.9. The second-order valence-electron chi connectivity index (χ2n) is 4.33. The van der Waals surface area contributed by atoms with Crippen molar-refractivity contribution in [1.82, 2.24) is 0 Å². The van der Waals surface area contributed by atoms with Gasteiger partial charge in [0.05, 0.1) is 6.07 Å². The van der Waals surface area contributed by atoms with Crippen LogP contribution in [0.4, 0.5) is 10.1 Å². The molecular weight excluding hydrogens is 231 g/mol. The highest BCUT2D eigenvalue weighted by molar-refractivity contribution is 5.99. The summed E-state index contributed by atoms with van der Waals surface area (Å²) in [5.41, 5.74) is -0.583. The van der Waals surface area contributed by atoms with Crippen LogP contribution in [0.5, 0.6) is 0 Å². The van der Waals surface area contributed by atoms with Gasteiger partial charge in [0, 0.05) is 12.2 Å². The Morgan fingerprint density at radius 2 is 2.17 bits per heavy atom. The molecule has 0 aromatic heterocycles. The first kappa shape index (κ1) is 14.2. The minimum atomic E-state index is -1.07. The van der Waals surface area contributed by atoms with E-state index in [1.165, 1.54) is 17.0 Å². The van der Waals surface area contributed by atoms with Gasteiger partial charge in [-0.2, -0.15) is 5.26 Å². The van der Waals surface area contributed by atoms with Crippen molar-refractivity contribution in [2.24, 2.45) is 5.41 Å². The number of hydrogen-bond acceptors (Lipinski definition) is 2. The van der Waals surface area contributed by atoms with E-state index in [-0.39, 0.29) is 5.91 Å². The van der Waals surface area contributed by atoms with Gasteiger partial charge >= 0.3 is 0 Å². The highest BCUT2D eigenvalue weighted by Crippen LogP contribution is 2.26. The SMILES string of the molecule is CCN(C(=O)C(C)(C#N)CC)c1cccc(F)c1. The number of amides is 1. The molecule has 0 radical (unpaired) electrons. The van der Waals surface area contributed by atoms with Crippen molar-refractivity contribution >= 4 is 11.6 Å². The van der Waals surface area contributed by atoms with Crippen molar-refractivity contribution in [3.8, 4) is 6.07 Å². The molecule has 0 saturated carbocycles. The Morgan fingerprint density at radius 1 is 1.50 bits per heavy atom. The lowest BCUT2D eigenvalue weighted by atomic mass is 9.87. The van der Waals surface area contributed by atoms with E-state index in [1.807, 2.05) is 6.07 Å². The molecule has 0 aliphatic heterocycles. The van der Waals surface area contributed by atoms with Gasteiger partial charge < -0.3 is 4.90 Å². The van der Waals surface area contributed by atoms with Crippen LogP contribution >= 0.6 is 0 Å². The monoisotopic (exact) mass is 248 g/mol. The summed E-state index contributed by atoms with van der Waals surface area (Å²) in [6.45, 7) is 5.60. The van der Waals surface area contributed by atoms with Gasteiger partial charge in [0.15, 0.2) is 0 Å². The first-order valence-electron chi connectivity index (χ1n) is 5.97. The Bertz CT molecular complexity index is 481. The summed E-state index contributed by atoms with van der Waals surface area (Å²) in [7, 11) is 0. The molecule has 1 aromatic rings. The zero-order valence-electron chi connectivity index (χ0n) is 10.9. The predicted octanol–water partition coefficient (Wildman–Crippen LogP) is 3.12. The van der Waals surface area contributed by atoms with E-state index in [2.05, 4.69) is 0 Å². The topological polar surface area (TPSA) is 44.1 Å². The van der Waals surface area contributed by atoms with Gasteiger partial charge in [-0.25, -0.2) is 4.39 Å². The number of halogens is 1. The van der Waals surface area contributed by atoms with Crippen molar-refractivity contribution in [1.29, 1.82) is 5.26 Å². The molecule has 0 heterocycles. The Kier molecular flexibility index (Phi) is 4.43. The number of carbonyl (C=O) groups excluding carboxylic acids is 1. The maximum absolute atomic E-state index is 13.2. The fraction of sp³-hybridized carbons (Fsp3) is 0.429. The number of benzene rings is 1. The van der Waals surface area contributed by atoms with Gasteiger partial charge in [0.2, 0.25) is 5.91 Å². The summed E-state index contributed by atoms with van der Waals surface area (Å²) in [5, 5.41) is 9.13. The molecule has 0 aliphatic rings. The van der Waals surface area contributed by atoms with Crippen LogP contribution < -0.4 is 4.90 Å². The van der Waals surface area contributed by atoms with Gasteiger partial charge in [0.1, 0.15) is 11.2 Å². The second-order valence-corrected chi connectivity index (χ2v) is 4.33. The molecule has 1 amide bonds. The van der Waals surface area contributed by atoms with Crippen LogP contribution in [-0.4, -0.2) is 12.5 Å². The quantitative estimate of drug-likeness (QED) is 0.821. The molecule has 1 unspecified atom stereocenters. The first-order valence-corrected chi connectivity index (χ1v) is 5.97. The Hall–Kier alpha value is -1.89. The molecule has 0 saturated heterocycles. The van der Waals surface area contributed by atoms with E-state index in [4.69, 9.17) is 5.26 Å². The molecule has 0 aliphatic carbocycles. The van der Waals surface area contributed by atoms with Gasteiger partial charge in [-0.1, -0.05) is 13.0 Å². The number of anilines is 1. The van der Waals surface area contributed by atoms with Gasteiger partial charge in [0.25, 0.3) is 0 Å². The van der Waals surface area contributed by atoms with Gasteiger partial charge in [-0.05, 0) is 38.5 Å². The first-order chi connectivity index (χ1) is 8.48. The van der Waals surface area contributed by atoms with Crippen LogP contribution in [0.1, 0.15) is 27.2 Å². The number of nitriles is 1. The molecule has 3 nitrogen and oxygen atoms in total. The molecule has 1 aromatic carbocycles. The summed E-state index contributed by atoms with van der Waals surface area (Å²) in [6, 6.07) is 7.88. The van der Waals surface area contributed by atoms with Crippen LogP contribution in [0, 0.1) is 22.6 Å². The fourth-order valence-corrected chi connectivity index (χ4v) is 1.66. The standard InChI is InChI=1S/C14H17FN2O/c1-4-14(3,10-16)13(18)17(5-2)12-8-6-7-11(15)9-12/h6-9H,4-5H2,1-3H3. The van der Waals surface area contributed by atoms with Crippen molar-refractivity contribution < 1.29 is 9.18 Å². The largest absolute Gasteiger partial charge is 0.311 e. The molecule has 0 fully saturated rings. The number of hydrogen-bond donors (Lipinski definition) is 0. The Labute approximate surface area is 107 Å². The molecule has 0 bridgehead atoms. The average molecular weight is 248 g/mol. The van der Waals surface area contributed by atoms with E-state index in [0.29, 0.717) is 18.7 Å². The van der Waals surface area contributed by atoms with Crippen LogP contribution in [0.3, 0.4) is 0 Å². The minimum Gasteiger partial charge on any atom is -0.311 e. The zero-order chi connectivity index (χ0) is 13.8. The minimum absolute atomic E-state index is 0.291. The molecule has 1 rings (SSSR count). The van der Waals surface area contributed by atoms with Crippen LogP contribution in [-0.2, 0) is 4.79 Å². The van der Waals surface area contributed by atoms with Crippen molar-refractivity contribution in [3.63, 3.8) is 0 Å². The van der Waals surface area contributed by atoms with Crippen LogP contribution in [0.2, 0.25) is 0 Å². The van der Waals surface area contributed by atoms with Crippen molar-refractivity contribution in [2.45, 2.75) is 27.2 Å². The van der Waals surface area contributed by atoms with Crippen molar-refractivity contribution in [2.75, 3.05) is 11.4 Å². The normalized spacial score (nSPS) is 13.5. The molecule has 96 valence electrons. The van der Waals surface area contributed by atoms with E-state index in [0.717, 1.165) is 0 Å². The van der Waals surface area contributed by atoms with E-state index in [1.54, 1.807) is 32.9 Å². The molecule has 0 N–H and O–H groups in total. The van der Waals surface area contributed by atoms with E-state index < -0.39 is 11.2 Å². The molecule has 1 atom stereocenters. The predicted molar refractivity (Wildman–Crippen MR) is 68.4 cm³/mol. The highest BCUT2D eigenvalue weighted by Gasteiger charge is 2.35. The molecule has 4 heteroatoms. The number of rotatable bonds is 4. The van der Waals surface area contributed by atoms with Gasteiger partial charge in [-0.15, -0.1) is 0 Å². The molecule has 18 heavy (non-hydrogen) atoms. The third-order valence-electron chi connectivity index (χ3n) is 3.11. The summed E-state index contributed by atoms with van der Waals surface area (Å²) < 4.78 is 13.2. The summed E-state index contributed by atoms with van der Waals surface area (Å²) in [6.07, 6.45) is 0.425. The van der Waals surface area contributed by atoms with Crippen LogP contribution in [0.25, 0.3) is 0 Å². The molecular formula is C14H17FN2O. The number of nitrogens with zero attached hydrogens (tertiary/aromatic N) is 2. The van der Waals surface area contributed by atoms with Crippen LogP contribution in [0.15, 0.2) is 24.3 Å². The number of carbonyl (C=O) groups is 1. The highest BCUT2D eigenvalue weighted by atomic mass is 19.1. The summed E-state index contributed by atoms with van der Waals surface area (Å²) in [4.78, 5) is 13.8. The third kappa shape index (κ3) is 2.67. The lowest BCUT2D eigenvalue weighted by Gasteiger charge is -2.28. The Morgan fingerprint density at radius 3 is 2.61 bits per heavy atom. The molecule has 0 spiro atoms. The Balaban J connectivity index is 3.12. The van der Waals surface area contributed by atoms with Crippen molar-refractivity contribution in [3.05, 3.63) is 30.1 Å². The smallest absolute Gasteiger partial charge is 0.247 e. The summed E-state index contributed by atoms with van der Waals surface area (Å²) >= 11 is 0. The van der Waals surface area contributed by atoms with Gasteiger partial charge in [-0.3, -0.25) is 4.79 Å². The lowest BCUT2D eigenvalue weighted by Crippen LogP contribution is -2.41. The lowest BCUT2D eigenvalue weighted by molar-refractivity contribution is -0.124. The van der Waals surface area contributed by atoms with E-state index >= 15 is 0 Å². The average Bonchev–Trinajstić information content (AvgIpc) is 2.38.